The van der Waals surface area contributed by atoms with Gasteiger partial charge in [-0.05, 0) is 43.7 Å². The molecule has 1 aliphatic heterocycles. The third kappa shape index (κ3) is 3.33. The van der Waals surface area contributed by atoms with Crippen LogP contribution in [0.25, 0.3) is 27.8 Å². The van der Waals surface area contributed by atoms with Gasteiger partial charge >= 0.3 is 5.97 Å². The zero-order valence-electron chi connectivity index (χ0n) is 19.1. The summed E-state index contributed by atoms with van der Waals surface area (Å²) in [5, 5.41) is 27.2. The third-order valence-electron chi connectivity index (χ3n) is 6.73. The molecule has 0 radical (unpaired) electrons. The highest BCUT2D eigenvalue weighted by Crippen LogP contribution is 2.47. The first-order valence-corrected chi connectivity index (χ1v) is 11.0. The zero-order chi connectivity index (χ0) is 24.3. The van der Waals surface area contributed by atoms with Gasteiger partial charge in [0.25, 0.3) is 0 Å². The fraction of sp³-hybridized carbons (Fsp3) is 0.360. The summed E-state index contributed by atoms with van der Waals surface area (Å²) < 4.78 is 21.6. The second kappa shape index (κ2) is 7.64. The zero-order valence-corrected chi connectivity index (χ0v) is 19.1. The standard InChI is InChI=1S/C25H24FN5O3/c1-24(2,8-9-27)21-19(15-11-25(3,23(32)33)34-13-15)20-18(10-14-12-28-30-22(14)29-20)31(21)17-6-4-16(26)5-7-17/h4-7,10,12,15H,8,11,13H2,1-3H3,(H,32,33)(H,28,29,30)/t15?,25-/m0/s1. The number of carboxylic acids is 1. The summed E-state index contributed by atoms with van der Waals surface area (Å²) in [5.74, 6) is -1.62. The van der Waals surface area contributed by atoms with E-state index in [0.29, 0.717) is 11.2 Å². The number of carboxylic acid groups (broad SMARTS) is 1. The minimum Gasteiger partial charge on any atom is -0.479 e. The van der Waals surface area contributed by atoms with Crippen LogP contribution in [0.15, 0.2) is 36.5 Å². The van der Waals surface area contributed by atoms with E-state index in [1.165, 1.54) is 12.1 Å². The highest BCUT2D eigenvalue weighted by atomic mass is 19.1. The number of carbonyl (C=O) groups is 1. The third-order valence-corrected chi connectivity index (χ3v) is 6.73. The number of nitrogens with one attached hydrogen (secondary N) is 1. The molecule has 1 saturated heterocycles. The van der Waals surface area contributed by atoms with Crippen molar-refractivity contribution in [2.24, 2.45) is 0 Å². The molecule has 5 rings (SSSR count). The van der Waals surface area contributed by atoms with E-state index in [1.54, 1.807) is 25.3 Å². The first-order chi connectivity index (χ1) is 16.1. The molecule has 1 unspecified atom stereocenters. The van der Waals surface area contributed by atoms with Crippen LogP contribution in [-0.2, 0) is 14.9 Å². The van der Waals surface area contributed by atoms with Gasteiger partial charge in [-0.15, -0.1) is 0 Å². The molecule has 4 heterocycles. The average Bonchev–Trinajstić information content (AvgIpc) is 3.48. The van der Waals surface area contributed by atoms with E-state index in [4.69, 9.17) is 9.72 Å². The summed E-state index contributed by atoms with van der Waals surface area (Å²) in [6, 6.07) is 10.4. The summed E-state index contributed by atoms with van der Waals surface area (Å²) in [5.41, 5.74) is 2.55. The number of rotatable bonds is 5. The van der Waals surface area contributed by atoms with Crippen molar-refractivity contribution >= 4 is 28.0 Å². The average molecular weight is 461 g/mol. The maximum absolute atomic E-state index is 13.8. The molecule has 0 amide bonds. The number of aromatic amines is 1. The quantitative estimate of drug-likeness (QED) is 0.449. The Balaban J connectivity index is 1.88. The lowest BCUT2D eigenvalue weighted by atomic mass is 9.79. The summed E-state index contributed by atoms with van der Waals surface area (Å²) in [6.07, 6.45) is 2.17. The Bertz CT molecular complexity index is 1460. The van der Waals surface area contributed by atoms with Gasteiger partial charge in [0.05, 0.1) is 29.9 Å². The number of fused-ring (bicyclic) bond motifs is 2. The Morgan fingerprint density at radius 3 is 2.79 bits per heavy atom. The Kier molecular flexibility index (Phi) is 4.95. The Morgan fingerprint density at radius 2 is 2.15 bits per heavy atom. The van der Waals surface area contributed by atoms with Crippen molar-refractivity contribution in [1.29, 1.82) is 5.26 Å². The molecule has 0 spiro atoms. The van der Waals surface area contributed by atoms with Crippen molar-refractivity contribution in [1.82, 2.24) is 19.7 Å². The fourth-order valence-electron chi connectivity index (χ4n) is 4.99. The molecular formula is C25H24FN5O3. The lowest BCUT2D eigenvalue weighted by Gasteiger charge is -2.28. The first-order valence-electron chi connectivity index (χ1n) is 11.0. The van der Waals surface area contributed by atoms with Gasteiger partial charge in [0.15, 0.2) is 11.2 Å². The van der Waals surface area contributed by atoms with E-state index in [9.17, 15) is 19.6 Å². The van der Waals surface area contributed by atoms with Crippen LogP contribution in [0.3, 0.4) is 0 Å². The van der Waals surface area contributed by atoms with Crippen molar-refractivity contribution < 1.29 is 19.0 Å². The second-order valence-corrected chi connectivity index (χ2v) is 9.70. The van der Waals surface area contributed by atoms with Crippen molar-refractivity contribution in [2.75, 3.05) is 6.61 Å². The number of benzene rings is 1. The van der Waals surface area contributed by atoms with E-state index in [2.05, 4.69) is 16.3 Å². The van der Waals surface area contributed by atoms with Crippen LogP contribution in [0.2, 0.25) is 0 Å². The van der Waals surface area contributed by atoms with E-state index in [-0.39, 0.29) is 31.2 Å². The fourth-order valence-corrected chi connectivity index (χ4v) is 4.99. The van der Waals surface area contributed by atoms with Crippen LogP contribution < -0.4 is 0 Å². The highest BCUT2D eigenvalue weighted by Gasteiger charge is 2.46. The number of H-pyrrole nitrogens is 1. The molecule has 9 heteroatoms. The second-order valence-electron chi connectivity index (χ2n) is 9.70. The van der Waals surface area contributed by atoms with Crippen LogP contribution >= 0.6 is 0 Å². The van der Waals surface area contributed by atoms with Crippen LogP contribution in [0.1, 0.15) is 50.8 Å². The normalized spacial score (nSPS) is 20.7. The Morgan fingerprint density at radius 1 is 1.41 bits per heavy atom. The molecule has 3 aromatic heterocycles. The highest BCUT2D eigenvalue weighted by molar-refractivity contribution is 5.94. The molecule has 2 N–H and O–H groups in total. The van der Waals surface area contributed by atoms with Crippen LogP contribution in [0.4, 0.5) is 4.39 Å². The largest absolute Gasteiger partial charge is 0.479 e. The van der Waals surface area contributed by atoms with Gasteiger partial charge < -0.3 is 14.4 Å². The maximum Gasteiger partial charge on any atom is 0.335 e. The molecule has 1 fully saturated rings. The number of nitrogens with zero attached hydrogens (tertiary/aromatic N) is 4. The van der Waals surface area contributed by atoms with Crippen molar-refractivity contribution in [3.8, 4) is 11.8 Å². The number of nitriles is 1. The minimum atomic E-state index is -1.32. The number of hydrogen-bond donors (Lipinski definition) is 2. The van der Waals surface area contributed by atoms with E-state index in [0.717, 1.165) is 27.8 Å². The molecular weight excluding hydrogens is 437 g/mol. The molecule has 2 atom stereocenters. The van der Waals surface area contributed by atoms with Gasteiger partial charge in [-0.2, -0.15) is 10.4 Å². The summed E-state index contributed by atoms with van der Waals surface area (Å²) in [7, 11) is 0. The first kappa shape index (κ1) is 22.0. The van der Waals surface area contributed by atoms with Gasteiger partial charge in [-0.3, -0.25) is 5.10 Å². The van der Waals surface area contributed by atoms with Gasteiger partial charge in [0, 0.05) is 40.1 Å². The lowest BCUT2D eigenvalue weighted by Crippen LogP contribution is -2.34. The molecule has 1 aliphatic rings. The molecule has 34 heavy (non-hydrogen) atoms. The van der Waals surface area contributed by atoms with Crippen molar-refractivity contribution in [2.45, 2.75) is 50.5 Å². The van der Waals surface area contributed by atoms with E-state index < -0.39 is 17.0 Å². The van der Waals surface area contributed by atoms with Crippen LogP contribution in [0, 0.1) is 17.1 Å². The summed E-state index contributed by atoms with van der Waals surface area (Å²) in [6.45, 7) is 5.75. The summed E-state index contributed by atoms with van der Waals surface area (Å²) >= 11 is 0. The number of halogens is 1. The molecule has 0 bridgehead atoms. The Labute approximate surface area is 195 Å². The topological polar surface area (TPSA) is 117 Å². The maximum atomic E-state index is 13.8. The summed E-state index contributed by atoms with van der Waals surface area (Å²) in [4.78, 5) is 16.8. The smallest absolute Gasteiger partial charge is 0.335 e. The van der Waals surface area contributed by atoms with Gasteiger partial charge in [0.2, 0.25) is 0 Å². The van der Waals surface area contributed by atoms with Gasteiger partial charge in [-0.1, -0.05) is 13.8 Å². The molecule has 0 saturated carbocycles. The molecule has 0 aliphatic carbocycles. The van der Waals surface area contributed by atoms with Crippen molar-refractivity contribution in [3.05, 3.63) is 53.6 Å². The monoisotopic (exact) mass is 461 g/mol. The predicted molar refractivity (Wildman–Crippen MR) is 123 cm³/mol. The predicted octanol–water partition coefficient (Wildman–Crippen LogP) is 4.58. The molecule has 174 valence electrons. The van der Waals surface area contributed by atoms with Crippen LogP contribution in [0.5, 0.6) is 0 Å². The number of aromatic nitrogens is 4. The van der Waals surface area contributed by atoms with Gasteiger partial charge in [-0.25, -0.2) is 14.2 Å². The molecule has 8 nitrogen and oxygen atoms in total. The SMILES string of the molecule is CC(C)(CC#N)c1c(C2CO[C@](C)(C(=O)O)C2)c2nc3[nH]ncc3cc2n1-c1ccc(F)cc1. The Hall–Kier alpha value is -3.77. The number of aliphatic carboxylic acids is 1. The molecule has 4 aromatic rings. The molecule has 1 aromatic carbocycles. The number of ether oxygens (including phenoxy) is 1. The van der Waals surface area contributed by atoms with Crippen molar-refractivity contribution in [3.63, 3.8) is 0 Å². The van der Waals surface area contributed by atoms with E-state index >= 15 is 0 Å². The van der Waals surface area contributed by atoms with Gasteiger partial charge in [0.1, 0.15) is 5.82 Å². The number of pyridine rings is 1. The minimum absolute atomic E-state index is 0.212. The lowest BCUT2D eigenvalue weighted by molar-refractivity contribution is -0.157. The van der Waals surface area contributed by atoms with Crippen LogP contribution in [-0.4, -0.2) is 43.0 Å². The van der Waals surface area contributed by atoms with E-state index in [1.807, 2.05) is 24.5 Å². The number of hydrogen-bond acceptors (Lipinski definition) is 5.